The number of carbonyl (C=O) groups is 2. The number of ether oxygens (including phenoxy) is 1. The number of thiazole rings is 1. The van der Waals surface area contributed by atoms with Crippen LogP contribution in [0.1, 0.15) is 23.4 Å². The highest BCUT2D eigenvalue weighted by Crippen LogP contribution is 2.18. The van der Waals surface area contributed by atoms with Crippen LogP contribution in [0.4, 0.5) is 0 Å². The quantitative estimate of drug-likeness (QED) is 0.740. The Kier molecular flexibility index (Phi) is 6.45. The van der Waals surface area contributed by atoms with Crippen molar-refractivity contribution in [2.75, 3.05) is 7.11 Å². The van der Waals surface area contributed by atoms with Gasteiger partial charge >= 0.3 is 5.97 Å². The van der Waals surface area contributed by atoms with Crippen LogP contribution in [0, 0.1) is 0 Å². The minimum atomic E-state index is -0.803. The van der Waals surface area contributed by atoms with Gasteiger partial charge in [0.2, 0.25) is 5.91 Å². The lowest BCUT2D eigenvalue weighted by molar-refractivity contribution is -0.145. The maximum Gasteiger partial charge on any atom is 0.328 e. The first-order valence-corrected chi connectivity index (χ1v) is 8.48. The van der Waals surface area contributed by atoms with E-state index < -0.39 is 24.0 Å². The second-order valence-electron chi connectivity index (χ2n) is 5.44. The highest BCUT2D eigenvalue weighted by atomic mass is 32.1. The van der Waals surface area contributed by atoms with Crippen LogP contribution in [0.2, 0.25) is 0 Å². The van der Waals surface area contributed by atoms with Gasteiger partial charge in [0.15, 0.2) is 0 Å². The number of nitrogens with two attached hydrogens (primary N) is 1. The zero-order valence-corrected chi connectivity index (χ0v) is 14.5. The van der Waals surface area contributed by atoms with Crippen LogP contribution in [0.3, 0.4) is 0 Å². The minimum absolute atomic E-state index is 0.177. The summed E-state index contributed by atoms with van der Waals surface area (Å²) in [7, 11) is 1.29. The largest absolute Gasteiger partial charge is 0.467 e. The predicted molar refractivity (Wildman–Crippen MR) is 92.6 cm³/mol. The van der Waals surface area contributed by atoms with Crippen molar-refractivity contribution in [2.24, 2.45) is 5.73 Å². The summed E-state index contributed by atoms with van der Waals surface area (Å²) in [5.41, 5.74) is 7.05. The van der Waals surface area contributed by atoms with Gasteiger partial charge in [-0.15, -0.1) is 11.3 Å². The van der Waals surface area contributed by atoms with Crippen LogP contribution >= 0.6 is 11.3 Å². The van der Waals surface area contributed by atoms with Crippen LogP contribution in [-0.4, -0.2) is 36.1 Å². The van der Waals surface area contributed by atoms with Crippen LogP contribution < -0.4 is 11.1 Å². The van der Waals surface area contributed by atoms with Crippen LogP contribution in [0.15, 0.2) is 41.9 Å². The lowest BCUT2D eigenvalue weighted by Crippen LogP contribution is -2.51. The highest BCUT2D eigenvalue weighted by Gasteiger charge is 2.28. The van der Waals surface area contributed by atoms with Gasteiger partial charge in [-0.25, -0.2) is 9.78 Å². The third-order valence-corrected chi connectivity index (χ3v) is 4.63. The van der Waals surface area contributed by atoms with Gasteiger partial charge < -0.3 is 15.8 Å². The molecule has 0 fully saturated rings. The smallest absolute Gasteiger partial charge is 0.328 e. The molecule has 1 heterocycles. The topological polar surface area (TPSA) is 94.3 Å². The van der Waals surface area contributed by atoms with Gasteiger partial charge in [-0.2, -0.15) is 0 Å². The maximum atomic E-state index is 12.5. The molecule has 0 saturated carbocycles. The number of rotatable bonds is 7. The molecule has 1 aromatic heterocycles. The summed E-state index contributed by atoms with van der Waals surface area (Å²) >= 11 is 1.42. The minimum Gasteiger partial charge on any atom is -0.467 e. The number of hydrogen-bond donors (Lipinski definition) is 2. The molecule has 3 N–H and O–H groups in total. The van der Waals surface area contributed by atoms with Gasteiger partial charge in [-0.3, -0.25) is 4.79 Å². The summed E-state index contributed by atoms with van der Waals surface area (Å²) < 4.78 is 4.77. The zero-order chi connectivity index (χ0) is 17.5. The van der Waals surface area contributed by atoms with E-state index in [1.165, 1.54) is 18.4 Å². The van der Waals surface area contributed by atoms with E-state index in [2.05, 4.69) is 10.3 Å². The van der Waals surface area contributed by atoms with E-state index in [0.717, 1.165) is 10.6 Å². The third-order valence-electron chi connectivity index (χ3n) is 3.83. The Bertz CT molecular complexity index is 661. The summed E-state index contributed by atoms with van der Waals surface area (Å²) in [6.07, 6.45) is 1.93. The van der Waals surface area contributed by atoms with Crippen LogP contribution in [0.25, 0.3) is 0 Å². The number of carbonyl (C=O) groups excluding carboxylic acids is 2. The molecule has 0 aliphatic rings. The van der Waals surface area contributed by atoms with E-state index in [4.69, 9.17) is 10.5 Å². The van der Waals surface area contributed by atoms with Crippen molar-refractivity contribution in [2.45, 2.75) is 31.3 Å². The fraction of sp³-hybridized carbons (Fsp3) is 0.353. The highest BCUT2D eigenvalue weighted by molar-refractivity contribution is 7.09. The molecular weight excluding hydrogens is 326 g/mol. The summed E-state index contributed by atoms with van der Waals surface area (Å²) in [4.78, 5) is 28.5. The number of methoxy groups -OCH3 is 1. The van der Waals surface area contributed by atoms with Crippen LogP contribution in [-0.2, 0) is 20.7 Å². The van der Waals surface area contributed by atoms with E-state index in [1.54, 1.807) is 6.20 Å². The molecule has 24 heavy (non-hydrogen) atoms. The number of nitrogens with one attached hydrogen (secondary N) is 1. The van der Waals surface area contributed by atoms with Crippen LogP contribution in [0.5, 0.6) is 0 Å². The Labute approximate surface area is 145 Å². The SMILES string of the molecule is COC(=O)C(Cc1nccs1)NC(=O)[C@@H](N)[C@@H](C)c1ccccc1. The van der Waals surface area contributed by atoms with E-state index >= 15 is 0 Å². The number of aromatic nitrogens is 1. The Morgan fingerprint density at radius 1 is 1.33 bits per heavy atom. The molecule has 2 aromatic rings. The molecule has 0 radical (unpaired) electrons. The monoisotopic (exact) mass is 347 g/mol. The molecule has 0 aliphatic carbocycles. The van der Waals surface area contributed by atoms with Gasteiger partial charge in [0.05, 0.1) is 18.2 Å². The summed E-state index contributed by atoms with van der Waals surface area (Å²) in [5, 5.41) is 5.24. The molecule has 0 aliphatic heterocycles. The van der Waals surface area contributed by atoms with Gasteiger partial charge in [0.1, 0.15) is 6.04 Å². The molecule has 2 rings (SSSR count). The number of nitrogens with zero attached hydrogens (tertiary/aromatic N) is 1. The number of hydrogen-bond acceptors (Lipinski definition) is 6. The molecule has 0 bridgehead atoms. The molecule has 6 nitrogen and oxygen atoms in total. The Morgan fingerprint density at radius 3 is 2.62 bits per heavy atom. The molecule has 0 spiro atoms. The molecule has 1 unspecified atom stereocenters. The van der Waals surface area contributed by atoms with Crippen molar-refractivity contribution in [1.82, 2.24) is 10.3 Å². The fourth-order valence-corrected chi connectivity index (χ4v) is 2.99. The third kappa shape index (κ3) is 4.62. The lowest BCUT2D eigenvalue weighted by atomic mass is 9.93. The number of benzene rings is 1. The number of esters is 1. The second-order valence-corrected chi connectivity index (χ2v) is 6.42. The molecule has 3 atom stereocenters. The van der Waals surface area contributed by atoms with E-state index in [0.29, 0.717) is 0 Å². The van der Waals surface area contributed by atoms with E-state index in [9.17, 15) is 9.59 Å². The molecule has 1 aromatic carbocycles. The first-order valence-electron chi connectivity index (χ1n) is 7.60. The predicted octanol–water partition coefficient (Wildman–Crippen LogP) is 1.47. The van der Waals surface area contributed by atoms with E-state index in [-0.39, 0.29) is 12.3 Å². The molecule has 7 heteroatoms. The standard InChI is InChI=1S/C17H21N3O3S/c1-11(12-6-4-3-5-7-12)15(18)16(21)20-13(17(22)23-2)10-14-19-8-9-24-14/h3-9,11,13,15H,10,18H2,1-2H3,(H,20,21)/t11-,13?,15-/m0/s1. The molecule has 0 saturated heterocycles. The summed E-state index contributed by atoms with van der Waals surface area (Å²) in [6, 6.07) is 7.98. The average molecular weight is 347 g/mol. The fourth-order valence-electron chi connectivity index (χ4n) is 2.32. The van der Waals surface area contributed by atoms with Gasteiger partial charge in [-0.05, 0) is 5.56 Å². The number of amides is 1. The second kappa shape index (κ2) is 8.56. The molecule has 1 amide bonds. The lowest BCUT2D eigenvalue weighted by Gasteiger charge is -2.22. The van der Waals surface area contributed by atoms with Crippen molar-refractivity contribution in [1.29, 1.82) is 0 Å². The van der Waals surface area contributed by atoms with Crippen molar-refractivity contribution in [3.8, 4) is 0 Å². The van der Waals surface area contributed by atoms with Gasteiger partial charge in [-0.1, -0.05) is 37.3 Å². The van der Waals surface area contributed by atoms with Gasteiger partial charge in [0.25, 0.3) is 0 Å². The van der Waals surface area contributed by atoms with Crippen molar-refractivity contribution in [3.63, 3.8) is 0 Å². The Morgan fingerprint density at radius 2 is 2.04 bits per heavy atom. The van der Waals surface area contributed by atoms with Gasteiger partial charge in [0, 0.05) is 23.9 Å². The molecule has 128 valence electrons. The Hall–Kier alpha value is -2.25. The molecular formula is C17H21N3O3S. The maximum absolute atomic E-state index is 12.5. The Balaban J connectivity index is 2.04. The van der Waals surface area contributed by atoms with E-state index in [1.807, 2.05) is 42.6 Å². The average Bonchev–Trinajstić information content (AvgIpc) is 3.12. The first-order chi connectivity index (χ1) is 11.5. The van der Waals surface area contributed by atoms with Crippen molar-refractivity contribution < 1.29 is 14.3 Å². The summed E-state index contributed by atoms with van der Waals surface area (Å²) in [5.74, 6) is -1.08. The van der Waals surface area contributed by atoms with Crippen molar-refractivity contribution in [3.05, 3.63) is 52.5 Å². The van der Waals surface area contributed by atoms with Crippen molar-refractivity contribution >= 4 is 23.2 Å². The normalized spacial score (nSPS) is 14.5. The summed E-state index contributed by atoms with van der Waals surface area (Å²) in [6.45, 7) is 1.88. The zero-order valence-electron chi connectivity index (χ0n) is 13.6. The first kappa shape index (κ1) is 18.1.